The maximum absolute atomic E-state index is 6.67. The molecule has 0 aliphatic carbocycles. The molecule has 1 atom stereocenters. The highest BCUT2D eigenvalue weighted by Gasteiger charge is 2.48. The summed E-state index contributed by atoms with van der Waals surface area (Å²) in [6.07, 6.45) is 3.52. The van der Waals surface area contributed by atoms with E-state index >= 15 is 0 Å². The predicted molar refractivity (Wildman–Crippen MR) is 132 cm³/mol. The van der Waals surface area contributed by atoms with Crippen molar-refractivity contribution in [2.24, 2.45) is 5.10 Å². The van der Waals surface area contributed by atoms with E-state index < -0.39 is 6.34 Å². The Morgan fingerprint density at radius 1 is 0.933 bits per heavy atom. The largest absolute Gasteiger partial charge is 0.346 e. The Morgan fingerprint density at radius 2 is 1.60 bits per heavy atom. The fraction of sp³-hybridized carbons (Fsp3) is 0.375. The highest BCUT2D eigenvalue weighted by molar-refractivity contribution is 8.16. The van der Waals surface area contributed by atoms with Crippen LogP contribution in [0.25, 0.3) is 0 Å². The average molecular weight is 437 g/mol. The van der Waals surface area contributed by atoms with Crippen LogP contribution in [0.4, 0.5) is 11.4 Å². The fourth-order valence-corrected chi connectivity index (χ4v) is 9.63. The number of piperidine rings is 1. The van der Waals surface area contributed by atoms with Gasteiger partial charge in [0.25, 0.3) is 0 Å². The van der Waals surface area contributed by atoms with Gasteiger partial charge in [-0.15, -0.1) is 0 Å². The molecule has 2 aromatic carbocycles. The van der Waals surface area contributed by atoms with E-state index in [1.54, 1.807) is 0 Å². The highest BCUT2D eigenvalue weighted by Crippen LogP contribution is 2.67. The highest BCUT2D eigenvalue weighted by atomic mass is 32.4. The monoisotopic (exact) mass is 436 g/mol. The quantitative estimate of drug-likeness (QED) is 0.544. The van der Waals surface area contributed by atoms with Gasteiger partial charge in [0.1, 0.15) is 0 Å². The Balaban J connectivity index is 1.72. The third-order valence-corrected chi connectivity index (χ3v) is 11.4. The predicted octanol–water partition coefficient (Wildman–Crippen LogP) is 5.93. The van der Waals surface area contributed by atoms with Gasteiger partial charge >= 0.3 is 0 Å². The van der Waals surface area contributed by atoms with Gasteiger partial charge in [-0.2, -0.15) is 5.10 Å². The van der Waals surface area contributed by atoms with Gasteiger partial charge in [-0.1, -0.05) is 68.5 Å². The van der Waals surface area contributed by atoms with Crippen LogP contribution < -0.4 is 9.68 Å². The summed E-state index contributed by atoms with van der Waals surface area (Å²) in [6, 6.07) is 19.2. The number of hydrazone groups is 1. The minimum absolute atomic E-state index is 0.112. The Bertz CT molecular complexity index is 1070. The molecular weight excluding hydrogens is 407 g/mol. The minimum atomic E-state index is -2.27. The number of fused-ring (bicyclic) bond motifs is 1. The minimum Gasteiger partial charge on any atom is -0.346 e. The zero-order valence-corrected chi connectivity index (χ0v) is 19.7. The molecule has 0 aromatic heterocycles. The van der Waals surface area contributed by atoms with Gasteiger partial charge in [0.15, 0.2) is 6.34 Å². The van der Waals surface area contributed by atoms with E-state index in [1.807, 2.05) is 0 Å². The lowest BCUT2D eigenvalue weighted by molar-refractivity contribution is 0.369. The molecule has 156 valence electrons. The second kappa shape index (κ2) is 7.33. The molecule has 5 rings (SSSR count). The molecule has 0 bridgehead atoms. The summed E-state index contributed by atoms with van der Waals surface area (Å²) >= 11 is 6.67. The summed E-state index contributed by atoms with van der Waals surface area (Å²) < 4.78 is 4.74. The molecule has 1 unspecified atom stereocenters. The van der Waals surface area contributed by atoms with Gasteiger partial charge in [-0.05, 0) is 36.6 Å². The van der Waals surface area contributed by atoms with E-state index in [9.17, 15) is 0 Å². The normalized spacial score (nSPS) is 28.2. The molecule has 4 nitrogen and oxygen atoms in total. The van der Waals surface area contributed by atoms with E-state index in [1.165, 1.54) is 41.5 Å². The molecule has 0 radical (unpaired) electrons. The van der Waals surface area contributed by atoms with Gasteiger partial charge in [0.2, 0.25) is 0 Å². The standard InChI is InChI=1S/C24H29N4PS/c1-24(2)20-14-8-9-15-21(20)26(3)23(24)22-18-25-28(19-12-6-4-7-13-19)29(22,30)27-16-10-5-11-17-27/h4,6-9,12-15,18H,5,10-11,16-17H2,1-3H3/b23-22-. The molecule has 0 saturated carbocycles. The van der Waals surface area contributed by atoms with Crippen molar-refractivity contribution in [3.8, 4) is 0 Å². The number of anilines is 2. The summed E-state index contributed by atoms with van der Waals surface area (Å²) in [5, 5.41) is 6.19. The number of para-hydroxylation sites is 2. The number of likely N-dealkylation sites (N-methyl/N-ethyl adjacent to an activating group) is 1. The molecule has 0 spiro atoms. The SMILES string of the molecule is CN1/C(=C2/C=NN(c3ccccc3)P2(=S)N2CCCCC2)C(C)(C)c2ccccc21. The first-order valence-electron chi connectivity index (χ1n) is 10.8. The van der Waals surface area contributed by atoms with Crippen LogP contribution >= 0.6 is 6.34 Å². The van der Waals surface area contributed by atoms with Crippen LogP contribution in [0.5, 0.6) is 0 Å². The topological polar surface area (TPSA) is 22.1 Å². The van der Waals surface area contributed by atoms with E-state index in [4.69, 9.17) is 16.9 Å². The van der Waals surface area contributed by atoms with Crippen LogP contribution in [0, 0.1) is 0 Å². The van der Waals surface area contributed by atoms with Crippen molar-refractivity contribution in [1.82, 2.24) is 4.67 Å². The van der Waals surface area contributed by atoms with Crippen molar-refractivity contribution in [3.63, 3.8) is 0 Å². The fourth-order valence-electron chi connectivity index (χ4n) is 5.21. The van der Waals surface area contributed by atoms with Crippen LogP contribution in [-0.4, -0.2) is 31.0 Å². The Hall–Kier alpha value is -1.94. The third kappa shape index (κ3) is 2.83. The first kappa shape index (κ1) is 20.0. The first-order chi connectivity index (χ1) is 14.5. The second-order valence-corrected chi connectivity index (χ2v) is 12.9. The molecule has 2 aromatic rings. The summed E-state index contributed by atoms with van der Waals surface area (Å²) in [5.41, 5.74) is 4.92. The van der Waals surface area contributed by atoms with E-state index in [0.717, 1.165) is 18.8 Å². The Morgan fingerprint density at radius 3 is 2.30 bits per heavy atom. The molecule has 3 aliphatic heterocycles. The second-order valence-electron chi connectivity index (χ2n) is 8.86. The number of rotatable bonds is 2. The van der Waals surface area contributed by atoms with E-state index in [2.05, 4.69) is 96.1 Å². The van der Waals surface area contributed by atoms with Crippen LogP contribution in [0.3, 0.4) is 0 Å². The average Bonchev–Trinajstić information content (AvgIpc) is 3.21. The molecule has 6 heteroatoms. The molecule has 0 amide bonds. The summed E-state index contributed by atoms with van der Waals surface area (Å²) in [6.45, 7) is 6.76. The Kier molecular flexibility index (Phi) is 4.89. The lowest BCUT2D eigenvalue weighted by Gasteiger charge is -2.42. The van der Waals surface area contributed by atoms with Crippen molar-refractivity contribution >= 4 is 35.7 Å². The van der Waals surface area contributed by atoms with Crippen LogP contribution in [0.2, 0.25) is 0 Å². The van der Waals surface area contributed by atoms with E-state index in [0.29, 0.717) is 0 Å². The molecule has 1 fully saturated rings. The van der Waals surface area contributed by atoms with Crippen molar-refractivity contribution in [3.05, 3.63) is 71.2 Å². The van der Waals surface area contributed by atoms with Gasteiger partial charge in [0.05, 0.1) is 17.2 Å². The lowest BCUT2D eigenvalue weighted by Crippen LogP contribution is -2.34. The van der Waals surface area contributed by atoms with Crippen LogP contribution in [0.15, 0.2) is 70.7 Å². The number of hydrogen-bond donors (Lipinski definition) is 0. The lowest BCUT2D eigenvalue weighted by atomic mass is 9.84. The molecule has 3 aliphatic rings. The smallest absolute Gasteiger partial charge is 0.154 e. The van der Waals surface area contributed by atoms with Crippen molar-refractivity contribution in [1.29, 1.82) is 0 Å². The summed E-state index contributed by atoms with van der Waals surface area (Å²) in [4.78, 5) is 2.36. The number of nitrogens with zero attached hydrogens (tertiary/aromatic N) is 4. The molecule has 0 N–H and O–H groups in total. The van der Waals surface area contributed by atoms with Crippen molar-refractivity contribution in [2.75, 3.05) is 29.8 Å². The zero-order chi connectivity index (χ0) is 20.9. The maximum atomic E-state index is 6.67. The van der Waals surface area contributed by atoms with Crippen molar-refractivity contribution in [2.45, 2.75) is 38.5 Å². The maximum Gasteiger partial charge on any atom is 0.154 e. The van der Waals surface area contributed by atoms with Gasteiger partial charge in [-0.25, -0.2) is 4.78 Å². The number of hydrogen-bond acceptors (Lipinski definition) is 3. The first-order valence-corrected chi connectivity index (χ1v) is 13.5. The number of allylic oxidation sites excluding steroid dienone is 2. The van der Waals surface area contributed by atoms with Gasteiger partial charge in [0, 0.05) is 36.9 Å². The zero-order valence-electron chi connectivity index (χ0n) is 18.0. The summed E-state index contributed by atoms with van der Waals surface area (Å²) in [7, 11) is 2.19. The molecule has 30 heavy (non-hydrogen) atoms. The molecular formula is C24H29N4PS. The summed E-state index contributed by atoms with van der Waals surface area (Å²) in [5.74, 6) is 0. The number of benzene rings is 2. The molecule has 3 heterocycles. The van der Waals surface area contributed by atoms with Crippen molar-refractivity contribution < 1.29 is 0 Å². The third-order valence-electron chi connectivity index (χ3n) is 6.67. The van der Waals surface area contributed by atoms with Crippen LogP contribution in [-0.2, 0) is 17.2 Å². The van der Waals surface area contributed by atoms with Gasteiger partial charge < -0.3 is 4.90 Å². The van der Waals surface area contributed by atoms with Crippen LogP contribution in [0.1, 0.15) is 38.7 Å². The van der Waals surface area contributed by atoms with Gasteiger partial charge in [-0.3, -0.25) is 4.67 Å². The van der Waals surface area contributed by atoms with E-state index in [-0.39, 0.29) is 5.41 Å². The Labute approximate surface area is 185 Å². The molecule has 1 saturated heterocycles.